The molecular weight excluding hydrogens is 441 g/mol. The highest BCUT2D eigenvalue weighted by Crippen LogP contribution is 2.40. The Balaban J connectivity index is 1.66. The number of amides is 1. The molecule has 1 unspecified atom stereocenters. The van der Waals surface area contributed by atoms with Gasteiger partial charge in [-0.1, -0.05) is 12.1 Å². The Morgan fingerprint density at radius 3 is 2.71 bits per heavy atom. The van der Waals surface area contributed by atoms with E-state index in [1.165, 1.54) is 30.8 Å². The number of hydrogen-bond acceptors (Lipinski definition) is 7. The first kappa shape index (κ1) is 23.1. The first-order valence-corrected chi connectivity index (χ1v) is 10.2. The molecule has 0 aliphatic carbocycles. The number of halogens is 3. The van der Waals surface area contributed by atoms with Crippen LogP contribution in [0.5, 0.6) is 0 Å². The highest BCUT2D eigenvalue weighted by Gasteiger charge is 2.53. The van der Waals surface area contributed by atoms with Gasteiger partial charge in [0.1, 0.15) is 23.7 Å². The first-order valence-electron chi connectivity index (χ1n) is 9.12. The third-order valence-electron chi connectivity index (χ3n) is 4.83. The van der Waals surface area contributed by atoms with Crippen LogP contribution in [0.2, 0.25) is 0 Å². The van der Waals surface area contributed by atoms with Crippen LogP contribution in [0.25, 0.3) is 0 Å². The van der Waals surface area contributed by atoms with Crippen molar-refractivity contribution in [2.24, 2.45) is 0 Å². The van der Waals surface area contributed by atoms with Gasteiger partial charge in [-0.05, 0) is 17.7 Å². The number of esters is 1. The molecule has 2 aliphatic heterocycles. The lowest BCUT2D eigenvalue weighted by Gasteiger charge is -2.49. The second-order valence-corrected chi connectivity index (χ2v) is 8.08. The molecule has 1 amide bonds. The minimum absolute atomic E-state index is 0.0389. The Morgan fingerprint density at radius 2 is 2.10 bits per heavy atom. The van der Waals surface area contributed by atoms with Gasteiger partial charge in [0.15, 0.2) is 0 Å². The number of nitrogens with zero attached hydrogens (tertiary/aromatic N) is 1. The lowest BCUT2D eigenvalue weighted by atomic mass is 10.0. The fourth-order valence-corrected chi connectivity index (χ4v) is 4.67. The van der Waals surface area contributed by atoms with Crippen LogP contribution in [-0.2, 0) is 25.3 Å². The third-order valence-corrected chi connectivity index (χ3v) is 6.17. The standard InChI is InChI=1S/C19H19F3N2O6S/c1-9(25)30-7-11-8-31-17-14(16(27)24(17)15(11)18(28)29)23-6-13(26)10-3-2-4-12(5-10)19(20,21)22/h2-5,13-14,17,23,26H,6-8H2,1H3,(H,28,29)/t13?,14-,17-/m1/s1. The molecule has 8 nitrogen and oxygen atoms in total. The van der Waals surface area contributed by atoms with E-state index in [0.717, 1.165) is 17.0 Å². The number of β-lactam (4-membered cyclic amide) rings is 1. The Hall–Kier alpha value is -2.57. The molecule has 0 bridgehead atoms. The molecule has 0 aromatic heterocycles. The van der Waals surface area contributed by atoms with Crippen LogP contribution in [-0.4, -0.2) is 63.3 Å². The maximum atomic E-state index is 12.8. The predicted octanol–water partition coefficient (Wildman–Crippen LogP) is 1.51. The number of carboxylic acid groups (broad SMARTS) is 1. The lowest BCUT2D eigenvalue weighted by molar-refractivity contribution is -0.149. The maximum Gasteiger partial charge on any atom is 0.416 e. The molecule has 3 N–H and O–H groups in total. The van der Waals surface area contributed by atoms with Crippen molar-refractivity contribution in [2.75, 3.05) is 18.9 Å². The van der Waals surface area contributed by atoms with Crippen molar-refractivity contribution in [3.8, 4) is 0 Å². The molecule has 12 heteroatoms. The molecular formula is C19H19F3N2O6S. The lowest BCUT2D eigenvalue weighted by Crippen LogP contribution is -2.70. The van der Waals surface area contributed by atoms with Gasteiger partial charge < -0.3 is 20.3 Å². The summed E-state index contributed by atoms with van der Waals surface area (Å²) in [7, 11) is 0. The van der Waals surface area contributed by atoms with Crippen molar-refractivity contribution in [3.63, 3.8) is 0 Å². The zero-order chi connectivity index (χ0) is 22.9. The van der Waals surface area contributed by atoms with E-state index < -0.39 is 47.1 Å². The van der Waals surface area contributed by atoms with Crippen LogP contribution >= 0.6 is 11.8 Å². The summed E-state index contributed by atoms with van der Waals surface area (Å²) in [6.07, 6.45) is -5.85. The van der Waals surface area contributed by atoms with Gasteiger partial charge in [0, 0.05) is 24.8 Å². The molecule has 0 saturated carbocycles. The number of aliphatic hydroxyl groups excluding tert-OH is 1. The third kappa shape index (κ3) is 4.86. The maximum absolute atomic E-state index is 12.8. The summed E-state index contributed by atoms with van der Waals surface area (Å²) >= 11 is 1.26. The van der Waals surface area contributed by atoms with E-state index in [1.807, 2.05) is 0 Å². The summed E-state index contributed by atoms with van der Waals surface area (Å²) in [5.41, 5.74) is -0.808. The normalized spacial score (nSPS) is 22.0. The fraction of sp³-hybridized carbons (Fsp3) is 0.421. The van der Waals surface area contributed by atoms with Gasteiger partial charge in [0.25, 0.3) is 0 Å². The number of alkyl halides is 3. The summed E-state index contributed by atoms with van der Waals surface area (Å²) in [4.78, 5) is 36.3. The summed E-state index contributed by atoms with van der Waals surface area (Å²) < 4.78 is 43.4. The van der Waals surface area contributed by atoms with Gasteiger partial charge in [0.2, 0.25) is 5.91 Å². The van der Waals surface area contributed by atoms with Gasteiger partial charge in [-0.3, -0.25) is 14.5 Å². The summed E-state index contributed by atoms with van der Waals surface area (Å²) in [6, 6.07) is 3.45. The fourth-order valence-electron chi connectivity index (χ4n) is 3.32. The quantitative estimate of drug-likeness (QED) is 0.414. The van der Waals surface area contributed by atoms with Crippen molar-refractivity contribution in [2.45, 2.75) is 30.6 Å². The molecule has 168 valence electrons. The Bertz CT molecular complexity index is 935. The molecule has 0 radical (unpaired) electrons. The minimum Gasteiger partial charge on any atom is -0.477 e. The van der Waals surface area contributed by atoms with E-state index in [-0.39, 0.29) is 30.2 Å². The number of carbonyl (C=O) groups is 3. The van der Waals surface area contributed by atoms with E-state index in [9.17, 15) is 37.8 Å². The number of benzene rings is 1. The monoisotopic (exact) mass is 460 g/mol. The Kier molecular flexibility index (Phi) is 6.62. The number of thioether (sulfide) groups is 1. The molecule has 3 rings (SSSR count). The van der Waals surface area contributed by atoms with Gasteiger partial charge >= 0.3 is 18.1 Å². The number of ether oxygens (including phenoxy) is 1. The van der Waals surface area contributed by atoms with Crippen molar-refractivity contribution >= 4 is 29.6 Å². The number of rotatable bonds is 7. The van der Waals surface area contributed by atoms with Crippen molar-refractivity contribution in [1.29, 1.82) is 0 Å². The van der Waals surface area contributed by atoms with E-state index >= 15 is 0 Å². The molecule has 2 heterocycles. The number of fused-ring (bicyclic) bond motifs is 1. The van der Waals surface area contributed by atoms with Crippen molar-refractivity contribution in [1.82, 2.24) is 10.2 Å². The molecule has 0 spiro atoms. The van der Waals surface area contributed by atoms with Crippen LogP contribution in [0.4, 0.5) is 13.2 Å². The van der Waals surface area contributed by atoms with Crippen LogP contribution in [0, 0.1) is 0 Å². The van der Waals surface area contributed by atoms with E-state index in [0.29, 0.717) is 5.57 Å². The Labute approximate surface area is 179 Å². The molecule has 2 aliphatic rings. The van der Waals surface area contributed by atoms with Crippen LogP contribution < -0.4 is 5.32 Å². The number of nitrogens with one attached hydrogen (secondary N) is 1. The van der Waals surface area contributed by atoms with Gasteiger partial charge in [0.05, 0.1) is 11.7 Å². The molecule has 1 aromatic carbocycles. The predicted molar refractivity (Wildman–Crippen MR) is 103 cm³/mol. The minimum atomic E-state index is -4.55. The SMILES string of the molecule is CC(=O)OCC1=C(C(=O)O)N2C(=O)[C@@H](NCC(O)c3cccc(C(F)(F)F)c3)[C@H]2SC1. The molecule has 31 heavy (non-hydrogen) atoms. The highest BCUT2D eigenvalue weighted by molar-refractivity contribution is 8.00. The average molecular weight is 460 g/mol. The molecule has 3 atom stereocenters. The number of aliphatic hydroxyl groups is 1. The van der Waals surface area contributed by atoms with Crippen molar-refractivity contribution in [3.05, 3.63) is 46.7 Å². The topological polar surface area (TPSA) is 116 Å². The number of carboxylic acids is 1. The van der Waals surface area contributed by atoms with E-state index in [2.05, 4.69) is 5.32 Å². The Morgan fingerprint density at radius 1 is 1.39 bits per heavy atom. The second-order valence-electron chi connectivity index (χ2n) is 6.97. The first-order chi connectivity index (χ1) is 14.5. The van der Waals surface area contributed by atoms with Crippen molar-refractivity contribution < 1.29 is 42.5 Å². The number of aliphatic carboxylic acids is 1. The van der Waals surface area contributed by atoms with E-state index in [4.69, 9.17) is 4.74 Å². The second kappa shape index (κ2) is 8.89. The van der Waals surface area contributed by atoms with Gasteiger partial charge in [-0.15, -0.1) is 11.8 Å². The van der Waals surface area contributed by atoms with Gasteiger partial charge in [-0.2, -0.15) is 13.2 Å². The van der Waals surface area contributed by atoms with Crippen LogP contribution in [0.3, 0.4) is 0 Å². The number of hydrogen-bond donors (Lipinski definition) is 3. The highest BCUT2D eigenvalue weighted by atomic mass is 32.2. The smallest absolute Gasteiger partial charge is 0.416 e. The zero-order valence-electron chi connectivity index (χ0n) is 16.2. The molecule has 1 fully saturated rings. The average Bonchev–Trinajstić information content (AvgIpc) is 2.70. The number of carbonyl (C=O) groups excluding carboxylic acids is 2. The summed E-state index contributed by atoms with van der Waals surface area (Å²) in [5.74, 6) is -2.24. The summed E-state index contributed by atoms with van der Waals surface area (Å²) in [6.45, 7) is 0.742. The molecule has 1 saturated heterocycles. The van der Waals surface area contributed by atoms with Crippen LogP contribution in [0.15, 0.2) is 35.5 Å². The zero-order valence-corrected chi connectivity index (χ0v) is 17.0. The van der Waals surface area contributed by atoms with E-state index in [1.54, 1.807) is 0 Å². The largest absolute Gasteiger partial charge is 0.477 e. The molecule has 1 aromatic rings. The summed E-state index contributed by atoms with van der Waals surface area (Å²) in [5, 5.41) is 22.0. The van der Waals surface area contributed by atoms with Gasteiger partial charge in [-0.25, -0.2) is 4.79 Å². The van der Waals surface area contributed by atoms with Crippen LogP contribution in [0.1, 0.15) is 24.2 Å².